The van der Waals surface area contributed by atoms with Gasteiger partial charge in [0.05, 0.1) is 3.23 Å². The normalized spacial score (nSPS) is 27.3. The topological polar surface area (TPSA) is 9.23 Å². The van der Waals surface area contributed by atoms with Gasteiger partial charge in [-0.1, -0.05) is 52.6 Å². The SMILES string of the molecule is CC(C)(C)[Si](C)(C)OCC[C@H]1[C@@H](CCCl)C1(Br)Br. The Morgan fingerprint density at radius 1 is 1.17 bits per heavy atom. The number of rotatable bonds is 6. The third-order valence-electron chi connectivity index (χ3n) is 4.48. The Hall–Kier alpha value is 1.43. The average Bonchev–Trinajstić information content (AvgIpc) is 2.68. The smallest absolute Gasteiger partial charge is 0.191 e. The molecule has 1 fully saturated rings. The van der Waals surface area contributed by atoms with Crippen molar-refractivity contribution in [2.75, 3.05) is 12.5 Å². The highest BCUT2D eigenvalue weighted by atomic mass is 79.9. The van der Waals surface area contributed by atoms with E-state index in [-0.39, 0.29) is 3.23 Å². The predicted molar refractivity (Wildman–Crippen MR) is 90.7 cm³/mol. The monoisotopic (exact) mass is 418 g/mol. The van der Waals surface area contributed by atoms with Gasteiger partial charge < -0.3 is 4.43 Å². The quantitative estimate of drug-likeness (QED) is 0.392. The number of hydrogen-bond acceptors (Lipinski definition) is 1. The van der Waals surface area contributed by atoms with E-state index in [1.807, 2.05) is 0 Å². The van der Waals surface area contributed by atoms with Crippen molar-refractivity contribution in [3.05, 3.63) is 0 Å². The third kappa shape index (κ3) is 3.97. The zero-order valence-corrected chi connectivity index (χ0v) is 17.0. The van der Waals surface area contributed by atoms with Crippen molar-refractivity contribution in [1.29, 1.82) is 0 Å². The molecule has 0 aromatic carbocycles. The molecule has 0 aromatic rings. The number of halogens is 3. The summed E-state index contributed by atoms with van der Waals surface area (Å²) >= 11 is 13.3. The van der Waals surface area contributed by atoms with Gasteiger partial charge in [0.1, 0.15) is 0 Å². The van der Waals surface area contributed by atoms with E-state index < -0.39 is 8.32 Å². The minimum Gasteiger partial charge on any atom is -0.417 e. The fourth-order valence-corrected chi connectivity index (χ4v) is 5.25. The summed E-state index contributed by atoms with van der Waals surface area (Å²) in [6.45, 7) is 12.3. The first-order chi connectivity index (χ1) is 8.04. The van der Waals surface area contributed by atoms with Gasteiger partial charge in [-0.15, -0.1) is 11.6 Å². The molecule has 0 amide bonds. The van der Waals surface area contributed by atoms with Gasteiger partial charge in [-0.2, -0.15) is 0 Å². The Morgan fingerprint density at radius 3 is 2.11 bits per heavy atom. The average molecular weight is 421 g/mol. The van der Waals surface area contributed by atoms with E-state index in [1.54, 1.807) is 0 Å². The summed E-state index contributed by atoms with van der Waals surface area (Å²) in [5.41, 5.74) is 0. The molecular formula is C13H25Br2ClOSi. The van der Waals surface area contributed by atoms with Crippen LogP contribution < -0.4 is 0 Å². The van der Waals surface area contributed by atoms with Gasteiger partial charge in [0.2, 0.25) is 0 Å². The maximum absolute atomic E-state index is 6.23. The number of alkyl halides is 3. The first-order valence-corrected chi connectivity index (χ1v) is 11.6. The molecule has 1 nitrogen and oxygen atoms in total. The molecular weight excluding hydrogens is 395 g/mol. The summed E-state index contributed by atoms with van der Waals surface area (Å²) in [5.74, 6) is 2.04. The molecule has 2 atom stereocenters. The lowest BCUT2D eigenvalue weighted by molar-refractivity contribution is 0.272. The largest absolute Gasteiger partial charge is 0.417 e. The van der Waals surface area contributed by atoms with Crippen LogP contribution in [0, 0.1) is 11.8 Å². The molecule has 0 saturated heterocycles. The van der Waals surface area contributed by atoms with E-state index in [2.05, 4.69) is 65.7 Å². The van der Waals surface area contributed by atoms with Gasteiger partial charge in [-0.3, -0.25) is 0 Å². The molecule has 0 aromatic heterocycles. The lowest BCUT2D eigenvalue weighted by atomic mass is 10.2. The fourth-order valence-electron chi connectivity index (χ4n) is 2.02. The summed E-state index contributed by atoms with van der Waals surface area (Å²) in [4.78, 5) is 0. The second-order valence-corrected chi connectivity index (χ2v) is 15.6. The summed E-state index contributed by atoms with van der Waals surface area (Å²) in [6, 6.07) is 0. The van der Waals surface area contributed by atoms with Gasteiger partial charge in [0.25, 0.3) is 0 Å². The Morgan fingerprint density at radius 2 is 1.67 bits per heavy atom. The molecule has 18 heavy (non-hydrogen) atoms. The van der Waals surface area contributed by atoms with Crippen molar-refractivity contribution in [2.24, 2.45) is 11.8 Å². The van der Waals surface area contributed by atoms with Gasteiger partial charge in [0, 0.05) is 12.5 Å². The van der Waals surface area contributed by atoms with Crippen molar-refractivity contribution in [1.82, 2.24) is 0 Å². The lowest BCUT2D eigenvalue weighted by Gasteiger charge is -2.36. The highest BCUT2D eigenvalue weighted by Gasteiger charge is 2.60. The highest BCUT2D eigenvalue weighted by Crippen LogP contribution is 2.64. The Bertz CT molecular complexity index is 289. The molecule has 0 radical (unpaired) electrons. The molecule has 1 aliphatic rings. The van der Waals surface area contributed by atoms with Crippen LogP contribution in [0.5, 0.6) is 0 Å². The molecule has 0 spiro atoms. The molecule has 0 bridgehead atoms. The maximum Gasteiger partial charge on any atom is 0.191 e. The molecule has 0 unspecified atom stereocenters. The van der Waals surface area contributed by atoms with E-state index in [4.69, 9.17) is 16.0 Å². The first kappa shape index (κ1) is 17.5. The van der Waals surface area contributed by atoms with Crippen LogP contribution in [0.4, 0.5) is 0 Å². The van der Waals surface area contributed by atoms with E-state index in [9.17, 15) is 0 Å². The van der Waals surface area contributed by atoms with E-state index >= 15 is 0 Å². The van der Waals surface area contributed by atoms with Crippen LogP contribution in [-0.4, -0.2) is 24.0 Å². The van der Waals surface area contributed by atoms with Gasteiger partial charge >= 0.3 is 0 Å². The van der Waals surface area contributed by atoms with Gasteiger partial charge in [-0.05, 0) is 42.8 Å². The van der Waals surface area contributed by atoms with Crippen molar-refractivity contribution < 1.29 is 4.43 Å². The first-order valence-electron chi connectivity index (χ1n) is 6.62. The second-order valence-electron chi connectivity index (χ2n) is 6.76. The molecule has 1 aliphatic carbocycles. The zero-order valence-electron chi connectivity index (χ0n) is 12.0. The van der Waals surface area contributed by atoms with Crippen molar-refractivity contribution in [3.8, 4) is 0 Å². The zero-order chi connectivity index (χ0) is 14.2. The van der Waals surface area contributed by atoms with Crippen LogP contribution in [0.15, 0.2) is 0 Å². The molecule has 1 rings (SSSR count). The van der Waals surface area contributed by atoms with Crippen LogP contribution in [0.25, 0.3) is 0 Å². The van der Waals surface area contributed by atoms with Crippen molar-refractivity contribution >= 4 is 51.8 Å². The van der Waals surface area contributed by atoms with Gasteiger partial charge in [-0.25, -0.2) is 0 Å². The van der Waals surface area contributed by atoms with Crippen molar-refractivity contribution in [3.63, 3.8) is 0 Å². The Kier molecular flexibility index (Phi) is 5.87. The Labute approximate surface area is 135 Å². The highest BCUT2D eigenvalue weighted by molar-refractivity contribution is 9.25. The van der Waals surface area contributed by atoms with Crippen LogP contribution in [0.2, 0.25) is 18.1 Å². The van der Waals surface area contributed by atoms with Crippen LogP contribution in [0.1, 0.15) is 33.6 Å². The van der Waals surface area contributed by atoms with Crippen LogP contribution >= 0.6 is 43.5 Å². The molecule has 0 heterocycles. The Balaban J connectivity index is 2.36. The van der Waals surface area contributed by atoms with Crippen LogP contribution in [0.3, 0.4) is 0 Å². The summed E-state index contributed by atoms with van der Waals surface area (Å²) in [5, 5.41) is 0.298. The minimum atomic E-state index is -1.59. The standard InChI is InChI=1S/C13H25Br2ClOSi/c1-12(2,3)18(4,5)17-9-7-11-10(6-8-16)13(11,14)15/h10-11H,6-9H2,1-5H3/t10-,11+/m1/s1. The second kappa shape index (κ2) is 6.04. The maximum atomic E-state index is 6.23. The van der Waals surface area contributed by atoms with E-state index in [0.29, 0.717) is 16.9 Å². The summed E-state index contributed by atoms with van der Waals surface area (Å²) in [7, 11) is -1.59. The van der Waals surface area contributed by atoms with Crippen molar-refractivity contribution in [2.45, 2.75) is 55.0 Å². The molecule has 5 heteroatoms. The third-order valence-corrected chi connectivity index (χ3v) is 11.6. The van der Waals surface area contributed by atoms with Gasteiger partial charge in [0.15, 0.2) is 8.32 Å². The molecule has 0 aliphatic heterocycles. The molecule has 1 saturated carbocycles. The number of hydrogen-bond donors (Lipinski definition) is 0. The lowest BCUT2D eigenvalue weighted by Crippen LogP contribution is -2.41. The molecule has 108 valence electrons. The predicted octanol–water partition coefficient (Wildman–Crippen LogP) is 5.76. The summed E-state index contributed by atoms with van der Waals surface area (Å²) in [6.07, 6.45) is 2.19. The molecule has 0 N–H and O–H groups in total. The summed E-state index contributed by atoms with van der Waals surface area (Å²) < 4.78 is 6.35. The van der Waals surface area contributed by atoms with E-state index in [1.165, 1.54) is 0 Å². The van der Waals surface area contributed by atoms with Crippen LogP contribution in [-0.2, 0) is 4.43 Å². The fraction of sp³-hybridized carbons (Fsp3) is 1.00. The minimum absolute atomic E-state index is 0.117. The van der Waals surface area contributed by atoms with E-state index in [0.717, 1.165) is 25.3 Å².